The Morgan fingerprint density at radius 3 is 2.38 bits per heavy atom. The second-order valence-electron chi connectivity index (χ2n) is 11.7. The van der Waals surface area contributed by atoms with Crippen molar-refractivity contribution in [2.75, 3.05) is 7.11 Å². The summed E-state index contributed by atoms with van der Waals surface area (Å²) >= 11 is 5.96. The van der Waals surface area contributed by atoms with Crippen LogP contribution in [-0.4, -0.2) is 49.2 Å². The van der Waals surface area contributed by atoms with Crippen molar-refractivity contribution in [3.63, 3.8) is 0 Å². The van der Waals surface area contributed by atoms with E-state index in [0.717, 1.165) is 5.57 Å². The molecule has 1 heterocycles. The van der Waals surface area contributed by atoms with Crippen molar-refractivity contribution in [1.29, 1.82) is 0 Å². The molecule has 0 aromatic heterocycles. The van der Waals surface area contributed by atoms with Gasteiger partial charge >= 0.3 is 5.97 Å². The number of allylic oxidation sites excluding steroid dienone is 5. The summed E-state index contributed by atoms with van der Waals surface area (Å²) in [6, 6.07) is -0.749. The van der Waals surface area contributed by atoms with Crippen molar-refractivity contribution < 1.29 is 28.6 Å². The van der Waals surface area contributed by atoms with Crippen LogP contribution in [0.15, 0.2) is 71.2 Å². The molecule has 1 aliphatic heterocycles. The number of hydrogen-bond donors (Lipinski definition) is 2. The highest BCUT2D eigenvalue weighted by Crippen LogP contribution is 2.23. The Morgan fingerprint density at radius 1 is 1.14 bits per heavy atom. The first-order valence-electron chi connectivity index (χ1n) is 14.4. The number of ether oxygens (including phenoxy) is 3. The average molecular weight is 605 g/mol. The van der Waals surface area contributed by atoms with Crippen molar-refractivity contribution in [3.8, 4) is 0 Å². The molecular formula is C33H49ClN2O6. The molecule has 9 heteroatoms. The Morgan fingerprint density at radius 2 is 1.81 bits per heavy atom. The van der Waals surface area contributed by atoms with Crippen molar-refractivity contribution in [3.05, 3.63) is 71.2 Å². The minimum absolute atomic E-state index is 0.000864. The van der Waals surface area contributed by atoms with Gasteiger partial charge in [0.05, 0.1) is 19.3 Å². The second kappa shape index (κ2) is 18.4. The number of amides is 2. The molecule has 0 aromatic carbocycles. The normalized spacial score (nSPS) is 19.2. The zero-order valence-corrected chi connectivity index (χ0v) is 27.3. The predicted octanol–water partition coefficient (Wildman–Crippen LogP) is 6.40. The van der Waals surface area contributed by atoms with E-state index in [0.29, 0.717) is 24.3 Å². The number of halogens is 1. The van der Waals surface area contributed by atoms with Crippen LogP contribution in [-0.2, 0) is 28.6 Å². The van der Waals surface area contributed by atoms with Gasteiger partial charge in [-0.05, 0) is 58.2 Å². The Bertz CT molecular complexity index is 1090. The predicted molar refractivity (Wildman–Crippen MR) is 168 cm³/mol. The minimum atomic E-state index is -0.749. The number of hydrogen-bond acceptors (Lipinski definition) is 6. The Hall–Kier alpha value is -3.10. The molecule has 0 radical (unpaired) electrons. The summed E-state index contributed by atoms with van der Waals surface area (Å²) in [6.45, 7) is 15.4. The van der Waals surface area contributed by atoms with Gasteiger partial charge in [-0.3, -0.25) is 9.59 Å². The zero-order valence-electron chi connectivity index (χ0n) is 26.5. The third-order valence-electron chi connectivity index (χ3n) is 6.33. The van der Waals surface area contributed by atoms with Gasteiger partial charge in [-0.25, -0.2) is 4.79 Å². The van der Waals surface area contributed by atoms with Crippen LogP contribution in [0.25, 0.3) is 0 Å². The molecule has 4 atom stereocenters. The Balaban J connectivity index is 2.70. The highest BCUT2D eigenvalue weighted by atomic mass is 35.5. The Labute approximate surface area is 257 Å². The van der Waals surface area contributed by atoms with Crippen LogP contribution in [0.1, 0.15) is 74.7 Å². The summed E-state index contributed by atoms with van der Waals surface area (Å²) in [7, 11) is 1.44. The molecule has 1 aliphatic rings. The van der Waals surface area contributed by atoms with Gasteiger partial charge in [0, 0.05) is 23.4 Å². The third kappa shape index (κ3) is 14.7. The first-order valence-corrected chi connectivity index (χ1v) is 14.7. The van der Waals surface area contributed by atoms with Gasteiger partial charge in [0.1, 0.15) is 12.1 Å². The number of methoxy groups -OCH3 is 1. The summed E-state index contributed by atoms with van der Waals surface area (Å²) in [6.07, 6.45) is 17.3. The molecule has 0 spiro atoms. The van der Waals surface area contributed by atoms with Crippen molar-refractivity contribution in [1.82, 2.24) is 10.6 Å². The van der Waals surface area contributed by atoms with Crippen LogP contribution in [0.2, 0.25) is 0 Å². The number of rotatable bonds is 15. The largest absolute Gasteiger partial charge is 0.490 e. The SMILES string of the molecule is COC1=CC[C@@H]([C@@H](C)/C=C(C)/C=C\C=C/C(=O)N[C@H](C(=O)N/C=C\C[C@@H](C/C=C(\C)Cl)OC(C)C)C(C)(C)C)OC1=O. The van der Waals surface area contributed by atoms with Crippen LogP contribution in [0, 0.1) is 11.3 Å². The lowest BCUT2D eigenvalue weighted by atomic mass is 9.86. The molecule has 0 aliphatic carbocycles. The fourth-order valence-electron chi connectivity index (χ4n) is 4.16. The maximum atomic E-state index is 12.9. The van der Waals surface area contributed by atoms with Gasteiger partial charge in [-0.2, -0.15) is 0 Å². The van der Waals surface area contributed by atoms with E-state index in [1.165, 1.54) is 13.2 Å². The van der Waals surface area contributed by atoms with E-state index in [4.69, 9.17) is 25.8 Å². The molecule has 0 fully saturated rings. The van der Waals surface area contributed by atoms with Crippen LogP contribution in [0.3, 0.4) is 0 Å². The highest BCUT2D eigenvalue weighted by molar-refractivity contribution is 6.29. The molecular weight excluding hydrogens is 556 g/mol. The number of nitrogens with one attached hydrogen (secondary N) is 2. The van der Waals surface area contributed by atoms with Gasteiger partial charge in [0.25, 0.3) is 0 Å². The van der Waals surface area contributed by atoms with Crippen LogP contribution in [0.5, 0.6) is 0 Å². The Kier molecular flexibility index (Phi) is 16.2. The summed E-state index contributed by atoms with van der Waals surface area (Å²) in [5, 5.41) is 6.31. The summed E-state index contributed by atoms with van der Waals surface area (Å²) in [4.78, 5) is 37.5. The minimum Gasteiger partial charge on any atom is -0.490 e. The number of esters is 1. The number of carbonyl (C=O) groups is 3. The van der Waals surface area contributed by atoms with Crippen LogP contribution in [0.4, 0.5) is 0 Å². The molecule has 0 unspecified atom stereocenters. The van der Waals surface area contributed by atoms with Crippen molar-refractivity contribution in [2.45, 2.75) is 99.0 Å². The molecule has 0 saturated heterocycles. The van der Waals surface area contributed by atoms with Crippen molar-refractivity contribution >= 4 is 29.4 Å². The first kappa shape index (κ1) is 36.9. The molecule has 42 heavy (non-hydrogen) atoms. The van der Waals surface area contributed by atoms with E-state index >= 15 is 0 Å². The second-order valence-corrected chi connectivity index (χ2v) is 12.3. The average Bonchev–Trinajstić information content (AvgIpc) is 2.89. The molecule has 2 amide bonds. The maximum Gasteiger partial charge on any atom is 0.373 e. The van der Waals surface area contributed by atoms with E-state index in [1.807, 2.05) is 79.7 Å². The van der Waals surface area contributed by atoms with Gasteiger partial charge in [0.15, 0.2) is 5.76 Å². The summed E-state index contributed by atoms with van der Waals surface area (Å²) in [5.74, 6) is -0.905. The molecule has 8 nitrogen and oxygen atoms in total. The molecule has 234 valence electrons. The van der Waals surface area contributed by atoms with Gasteiger partial charge < -0.3 is 24.8 Å². The molecule has 2 N–H and O–H groups in total. The van der Waals surface area contributed by atoms with E-state index < -0.39 is 17.4 Å². The van der Waals surface area contributed by atoms with Crippen LogP contribution < -0.4 is 10.6 Å². The van der Waals surface area contributed by atoms with Crippen molar-refractivity contribution in [2.24, 2.45) is 11.3 Å². The molecule has 1 rings (SSSR count). The fraction of sp³-hybridized carbons (Fsp3) is 0.545. The first-order chi connectivity index (χ1) is 19.6. The van der Waals surface area contributed by atoms with E-state index in [-0.39, 0.29) is 41.8 Å². The third-order valence-corrected chi connectivity index (χ3v) is 6.48. The molecule has 0 aromatic rings. The maximum absolute atomic E-state index is 12.9. The van der Waals surface area contributed by atoms with Gasteiger partial charge in [-0.15, -0.1) is 0 Å². The van der Waals surface area contributed by atoms with Gasteiger partial charge in [0.2, 0.25) is 11.8 Å². The van der Waals surface area contributed by atoms with E-state index in [1.54, 1.807) is 24.4 Å². The lowest BCUT2D eigenvalue weighted by Crippen LogP contribution is -2.52. The summed E-state index contributed by atoms with van der Waals surface area (Å²) < 4.78 is 16.4. The smallest absolute Gasteiger partial charge is 0.373 e. The quantitative estimate of drug-likeness (QED) is 0.127. The zero-order chi connectivity index (χ0) is 31.9. The molecule has 0 saturated carbocycles. The fourth-order valence-corrected chi connectivity index (χ4v) is 4.25. The molecule has 0 bridgehead atoms. The monoisotopic (exact) mass is 604 g/mol. The number of cyclic esters (lactones) is 1. The lowest BCUT2D eigenvalue weighted by molar-refractivity contribution is -0.151. The topological polar surface area (TPSA) is 103 Å². The van der Waals surface area contributed by atoms with Gasteiger partial charge in [-0.1, -0.05) is 81.3 Å². The summed E-state index contributed by atoms with van der Waals surface area (Å²) in [5.41, 5.74) is 0.444. The number of carbonyl (C=O) groups excluding carboxylic acids is 3. The van der Waals surface area contributed by atoms with Crippen LogP contribution >= 0.6 is 11.6 Å². The standard InChI is InChI=1S/C33H49ClN2O6/c1-22(2)41-26(17-16-25(5)34)14-12-20-35-31(38)30(33(6,7)8)36-29(37)15-11-10-13-23(3)21-24(4)27-18-19-28(40-9)32(39)42-27/h10-13,15-16,19-22,24,26-27,30H,14,17-18H2,1-9H3,(H,35,38)(H,36,37)/b13-10-,15-11-,20-12-,23-21+,25-16+/t24-,26-,27-,30+/m0/s1. The highest BCUT2D eigenvalue weighted by Gasteiger charge is 2.32. The lowest BCUT2D eigenvalue weighted by Gasteiger charge is -2.29. The van der Waals surface area contributed by atoms with E-state index in [2.05, 4.69) is 10.6 Å². The van der Waals surface area contributed by atoms with E-state index in [9.17, 15) is 14.4 Å².